The number of likely N-dealkylation sites (N-methyl/N-ethyl adjacent to an activating group) is 1. The van der Waals surface area contributed by atoms with Crippen LogP contribution in [0.25, 0.3) is 0 Å². The highest BCUT2D eigenvalue weighted by atomic mass is 35.5. The Hall–Kier alpha value is -1.55. The predicted molar refractivity (Wildman–Crippen MR) is 73.5 cm³/mol. The van der Waals surface area contributed by atoms with Crippen molar-refractivity contribution in [3.8, 4) is 0 Å². The Morgan fingerprint density at radius 1 is 1.53 bits per heavy atom. The summed E-state index contributed by atoms with van der Waals surface area (Å²) in [5.41, 5.74) is 3.01. The number of rotatable bonds is 4. The summed E-state index contributed by atoms with van der Waals surface area (Å²) in [4.78, 5) is 24.4. The van der Waals surface area contributed by atoms with Gasteiger partial charge in [0.15, 0.2) is 0 Å². The third kappa shape index (κ3) is 3.07. The van der Waals surface area contributed by atoms with Gasteiger partial charge < -0.3 is 9.64 Å². The highest BCUT2D eigenvalue weighted by Crippen LogP contribution is 2.29. The molecule has 1 aliphatic heterocycles. The Morgan fingerprint density at radius 3 is 2.95 bits per heavy atom. The summed E-state index contributed by atoms with van der Waals surface area (Å²) in [5.74, 6) is -0.208. The first-order valence-electron chi connectivity index (χ1n) is 6.10. The first kappa shape index (κ1) is 13.9. The molecule has 5 heteroatoms. The molecule has 0 saturated heterocycles. The number of carbonyl (C=O) groups excluding carboxylic acids is 2. The van der Waals surface area contributed by atoms with E-state index in [0.29, 0.717) is 12.8 Å². The number of fused-ring (bicyclic) bond motifs is 1. The molecule has 102 valence electrons. The van der Waals surface area contributed by atoms with Crippen LogP contribution in [0.1, 0.15) is 17.5 Å². The second kappa shape index (κ2) is 5.61. The van der Waals surface area contributed by atoms with E-state index in [2.05, 4.69) is 4.74 Å². The van der Waals surface area contributed by atoms with E-state index >= 15 is 0 Å². The fourth-order valence-corrected chi connectivity index (χ4v) is 2.55. The van der Waals surface area contributed by atoms with E-state index in [9.17, 15) is 9.59 Å². The number of hydrogen-bond acceptors (Lipinski definition) is 3. The average molecular weight is 282 g/mol. The van der Waals surface area contributed by atoms with E-state index in [1.165, 1.54) is 7.11 Å². The lowest BCUT2D eigenvalue weighted by Gasteiger charge is -2.12. The molecule has 0 fully saturated rings. The van der Waals surface area contributed by atoms with Crippen molar-refractivity contribution in [2.75, 3.05) is 19.1 Å². The molecule has 0 aromatic heterocycles. The molecule has 0 radical (unpaired) electrons. The maximum absolute atomic E-state index is 11.6. The molecule has 1 atom stereocenters. The zero-order chi connectivity index (χ0) is 14.0. The van der Waals surface area contributed by atoms with Crippen LogP contribution in [0.5, 0.6) is 0 Å². The minimum atomic E-state index is -0.309. The number of halogens is 1. The van der Waals surface area contributed by atoms with Crippen molar-refractivity contribution < 1.29 is 14.3 Å². The summed E-state index contributed by atoms with van der Waals surface area (Å²) in [6.07, 6.45) is 1.21. The number of esters is 1. The molecule has 0 aliphatic carbocycles. The van der Waals surface area contributed by atoms with Gasteiger partial charge >= 0.3 is 5.97 Å². The number of nitrogens with zero attached hydrogens (tertiary/aromatic N) is 1. The molecule has 1 heterocycles. The fraction of sp³-hybridized carbons (Fsp3) is 0.429. The van der Waals surface area contributed by atoms with E-state index < -0.39 is 0 Å². The first-order valence-corrected chi connectivity index (χ1v) is 6.54. The standard InChI is InChI=1S/C14H16ClNO3/c1-16-12-4-3-9(5-10(12)7-13(16)17)6-11(15)8-14(18)19-2/h3-5,11H,6-8H2,1-2H3. The summed E-state index contributed by atoms with van der Waals surface area (Å²) in [5, 5.41) is -0.291. The lowest BCUT2D eigenvalue weighted by atomic mass is 10.0. The number of ether oxygens (including phenoxy) is 1. The quantitative estimate of drug-likeness (QED) is 0.626. The number of amides is 1. The zero-order valence-corrected chi connectivity index (χ0v) is 11.7. The van der Waals surface area contributed by atoms with Crippen LogP contribution >= 0.6 is 11.6 Å². The minimum Gasteiger partial charge on any atom is -0.469 e. The largest absolute Gasteiger partial charge is 0.469 e. The highest BCUT2D eigenvalue weighted by Gasteiger charge is 2.24. The van der Waals surface area contributed by atoms with Crippen molar-refractivity contribution in [1.29, 1.82) is 0 Å². The SMILES string of the molecule is COC(=O)CC(Cl)Cc1ccc2c(c1)CC(=O)N2C. The van der Waals surface area contributed by atoms with Gasteiger partial charge in [-0.2, -0.15) is 0 Å². The van der Waals surface area contributed by atoms with Gasteiger partial charge in [0, 0.05) is 18.1 Å². The van der Waals surface area contributed by atoms with Crippen molar-refractivity contribution in [2.24, 2.45) is 0 Å². The van der Waals surface area contributed by atoms with Gasteiger partial charge in [0.25, 0.3) is 0 Å². The predicted octanol–water partition coefficient (Wildman–Crippen LogP) is 1.92. The molecule has 19 heavy (non-hydrogen) atoms. The van der Waals surface area contributed by atoms with Crippen LogP contribution < -0.4 is 4.90 Å². The number of carbonyl (C=O) groups is 2. The molecule has 4 nitrogen and oxygen atoms in total. The Morgan fingerprint density at radius 2 is 2.26 bits per heavy atom. The lowest BCUT2D eigenvalue weighted by molar-refractivity contribution is -0.140. The monoisotopic (exact) mass is 281 g/mol. The highest BCUT2D eigenvalue weighted by molar-refractivity contribution is 6.21. The van der Waals surface area contributed by atoms with Gasteiger partial charge in [0.05, 0.1) is 20.0 Å². The molecule has 1 aromatic carbocycles. The Balaban J connectivity index is 2.06. The molecule has 0 spiro atoms. The van der Waals surface area contributed by atoms with Gasteiger partial charge in [-0.25, -0.2) is 0 Å². The summed E-state index contributed by atoms with van der Waals surface area (Å²) in [6.45, 7) is 0. The van der Waals surface area contributed by atoms with Crippen LogP contribution in [0.4, 0.5) is 5.69 Å². The molecule has 1 amide bonds. The van der Waals surface area contributed by atoms with Crippen LogP contribution in [0.3, 0.4) is 0 Å². The molecule has 0 N–H and O–H groups in total. The second-order valence-corrected chi connectivity index (χ2v) is 5.29. The average Bonchev–Trinajstić information content (AvgIpc) is 2.64. The summed E-state index contributed by atoms with van der Waals surface area (Å²) < 4.78 is 4.59. The molecule has 0 saturated carbocycles. The maximum atomic E-state index is 11.6. The van der Waals surface area contributed by atoms with E-state index in [4.69, 9.17) is 11.6 Å². The molecular formula is C14H16ClNO3. The van der Waals surface area contributed by atoms with Crippen LogP contribution in [0.2, 0.25) is 0 Å². The van der Waals surface area contributed by atoms with Crippen LogP contribution in [-0.4, -0.2) is 31.4 Å². The molecule has 2 rings (SSSR count). The first-order chi connectivity index (χ1) is 9.01. The number of methoxy groups -OCH3 is 1. The van der Waals surface area contributed by atoms with E-state index in [1.807, 2.05) is 18.2 Å². The molecule has 1 aliphatic rings. The van der Waals surface area contributed by atoms with Crippen molar-refractivity contribution in [1.82, 2.24) is 0 Å². The van der Waals surface area contributed by atoms with Crippen molar-refractivity contribution in [3.63, 3.8) is 0 Å². The third-order valence-electron chi connectivity index (χ3n) is 3.29. The van der Waals surface area contributed by atoms with Crippen LogP contribution in [0, 0.1) is 0 Å². The van der Waals surface area contributed by atoms with E-state index in [0.717, 1.165) is 16.8 Å². The van der Waals surface area contributed by atoms with Crippen LogP contribution in [0.15, 0.2) is 18.2 Å². The molecule has 1 aromatic rings. The Labute approximate surface area is 117 Å². The van der Waals surface area contributed by atoms with Crippen molar-refractivity contribution in [3.05, 3.63) is 29.3 Å². The fourth-order valence-electron chi connectivity index (χ4n) is 2.24. The van der Waals surface area contributed by atoms with Crippen molar-refractivity contribution >= 4 is 29.2 Å². The summed E-state index contributed by atoms with van der Waals surface area (Å²) >= 11 is 6.12. The Kier molecular flexibility index (Phi) is 4.10. The maximum Gasteiger partial charge on any atom is 0.307 e. The number of alkyl halides is 1. The zero-order valence-electron chi connectivity index (χ0n) is 11.0. The van der Waals surface area contributed by atoms with Gasteiger partial charge in [-0.3, -0.25) is 9.59 Å². The topological polar surface area (TPSA) is 46.6 Å². The summed E-state index contributed by atoms with van der Waals surface area (Å²) in [6, 6.07) is 5.86. The normalized spacial score (nSPS) is 15.3. The van der Waals surface area contributed by atoms with E-state index in [1.54, 1.807) is 11.9 Å². The molecular weight excluding hydrogens is 266 g/mol. The van der Waals surface area contributed by atoms with Gasteiger partial charge in [-0.05, 0) is 23.6 Å². The minimum absolute atomic E-state index is 0.101. The number of anilines is 1. The number of hydrogen-bond donors (Lipinski definition) is 0. The van der Waals surface area contributed by atoms with Gasteiger partial charge in [0.2, 0.25) is 5.91 Å². The number of benzene rings is 1. The third-order valence-corrected chi connectivity index (χ3v) is 3.60. The molecule has 1 unspecified atom stereocenters. The van der Waals surface area contributed by atoms with Gasteiger partial charge in [-0.1, -0.05) is 12.1 Å². The smallest absolute Gasteiger partial charge is 0.307 e. The summed E-state index contributed by atoms with van der Waals surface area (Å²) in [7, 11) is 3.12. The lowest BCUT2D eigenvalue weighted by Crippen LogP contribution is -2.20. The van der Waals surface area contributed by atoms with Gasteiger partial charge in [-0.15, -0.1) is 11.6 Å². The van der Waals surface area contributed by atoms with Gasteiger partial charge in [0.1, 0.15) is 0 Å². The second-order valence-electron chi connectivity index (χ2n) is 4.67. The van der Waals surface area contributed by atoms with Crippen molar-refractivity contribution in [2.45, 2.75) is 24.6 Å². The van der Waals surface area contributed by atoms with E-state index in [-0.39, 0.29) is 23.7 Å². The Bertz CT molecular complexity index is 515. The molecule has 0 bridgehead atoms. The van der Waals surface area contributed by atoms with Crippen LogP contribution in [-0.2, 0) is 27.2 Å².